The number of carbonyl (C=O) groups is 1. The van der Waals surface area contributed by atoms with Crippen LogP contribution in [0.1, 0.15) is 30.5 Å². The summed E-state index contributed by atoms with van der Waals surface area (Å²) in [5.41, 5.74) is -0.0659. The van der Waals surface area contributed by atoms with E-state index in [0.29, 0.717) is 24.2 Å². The number of carboxylic acids is 1. The minimum Gasteiger partial charge on any atom is -0.481 e. The van der Waals surface area contributed by atoms with E-state index in [1.165, 1.54) is 0 Å². The van der Waals surface area contributed by atoms with Gasteiger partial charge >= 0.3 is 5.97 Å². The van der Waals surface area contributed by atoms with Gasteiger partial charge < -0.3 is 5.11 Å². The Kier molecular flexibility index (Phi) is 3.99. The molecule has 0 saturated carbocycles. The fraction of sp³-hybridized carbons (Fsp3) is 0.462. The summed E-state index contributed by atoms with van der Waals surface area (Å²) in [6, 6.07) is 1.89. The van der Waals surface area contributed by atoms with Crippen LogP contribution < -0.4 is 5.56 Å². The number of thiophene rings is 1. The molecule has 0 saturated heterocycles. The van der Waals surface area contributed by atoms with Crippen LogP contribution >= 0.6 is 11.3 Å². The van der Waals surface area contributed by atoms with Crippen molar-refractivity contribution < 1.29 is 9.90 Å². The largest absolute Gasteiger partial charge is 0.481 e. The summed E-state index contributed by atoms with van der Waals surface area (Å²) in [7, 11) is 0. The molecule has 0 aliphatic rings. The van der Waals surface area contributed by atoms with Gasteiger partial charge in [0.25, 0.3) is 5.56 Å². The Hall–Kier alpha value is -1.69. The quantitative estimate of drug-likeness (QED) is 0.911. The number of aryl methyl sites for hydroxylation is 2. The molecule has 0 aromatic carbocycles. The highest BCUT2D eigenvalue weighted by Crippen LogP contribution is 2.21. The molecule has 102 valence electrons. The molecule has 0 bridgehead atoms. The van der Waals surface area contributed by atoms with Crippen LogP contribution in [0.4, 0.5) is 0 Å². The molecule has 19 heavy (non-hydrogen) atoms. The Balaban J connectivity index is 2.38. The molecule has 0 amide bonds. The van der Waals surface area contributed by atoms with Gasteiger partial charge in [0, 0.05) is 17.8 Å². The van der Waals surface area contributed by atoms with Crippen molar-refractivity contribution in [3.8, 4) is 0 Å². The minimum absolute atomic E-state index is 0.0633. The molecule has 2 rings (SSSR count). The van der Waals surface area contributed by atoms with E-state index in [-0.39, 0.29) is 12.0 Å². The van der Waals surface area contributed by atoms with E-state index in [0.717, 1.165) is 16.1 Å². The van der Waals surface area contributed by atoms with Gasteiger partial charge in [0.05, 0.1) is 5.39 Å². The fourth-order valence-corrected chi connectivity index (χ4v) is 3.00. The second kappa shape index (κ2) is 5.52. The molecule has 0 fully saturated rings. The Bertz CT molecular complexity index is 672. The number of nitrogens with zero attached hydrogens (tertiary/aromatic N) is 2. The average molecular weight is 280 g/mol. The van der Waals surface area contributed by atoms with E-state index >= 15 is 0 Å². The molecule has 0 aliphatic carbocycles. The fourth-order valence-electron chi connectivity index (χ4n) is 1.99. The van der Waals surface area contributed by atoms with Crippen LogP contribution in [0.5, 0.6) is 0 Å². The average Bonchev–Trinajstić information content (AvgIpc) is 2.76. The summed E-state index contributed by atoms with van der Waals surface area (Å²) in [5, 5.41) is 9.28. The van der Waals surface area contributed by atoms with Crippen molar-refractivity contribution in [2.75, 3.05) is 0 Å². The summed E-state index contributed by atoms with van der Waals surface area (Å²) in [4.78, 5) is 29.2. The molecular weight excluding hydrogens is 264 g/mol. The molecular formula is C13H16N2O3S. The van der Waals surface area contributed by atoms with E-state index in [2.05, 4.69) is 4.98 Å². The molecule has 2 aromatic rings. The lowest BCUT2D eigenvalue weighted by molar-refractivity contribution is -0.137. The van der Waals surface area contributed by atoms with E-state index < -0.39 is 5.97 Å². The third kappa shape index (κ3) is 2.84. The topological polar surface area (TPSA) is 72.2 Å². The molecule has 0 atom stereocenters. The Morgan fingerprint density at radius 3 is 2.89 bits per heavy atom. The second-order valence-corrected chi connectivity index (χ2v) is 5.51. The van der Waals surface area contributed by atoms with Crippen LogP contribution in [0, 0.1) is 6.92 Å². The molecule has 1 N–H and O–H groups in total. The zero-order chi connectivity index (χ0) is 14.0. The van der Waals surface area contributed by atoms with E-state index in [1.54, 1.807) is 22.8 Å². The van der Waals surface area contributed by atoms with Crippen molar-refractivity contribution in [1.29, 1.82) is 0 Å². The molecule has 0 radical (unpaired) electrons. The molecule has 6 heteroatoms. The van der Waals surface area contributed by atoms with Gasteiger partial charge in [0.2, 0.25) is 0 Å². The lowest BCUT2D eigenvalue weighted by atomic mass is 10.3. The van der Waals surface area contributed by atoms with Gasteiger partial charge in [0.15, 0.2) is 0 Å². The maximum atomic E-state index is 12.3. The highest BCUT2D eigenvalue weighted by molar-refractivity contribution is 7.18. The van der Waals surface area contributed by atoms with Crippen LogP contribution in [0.2, 0.25) is 0 Å². The SMILES string of the molecule is CCc1cc2c(=O)n(CCCC(=O)O)c(C)nc2s1. The van der Waals surface area contributed by atoms with Crippen LogP contribution in [-0.2, 0) is 17.8 Å². The smallest absolute Gasteiger partial charge is 0.303 e. The molecule has 2 heterocycles. The number of rotatable bonds is 5. The Labute approximate surface area is 114 Å². The lowest BCUT2D eigenvalue weighted by Crippen LogP contribution is -2.23. The maximum absolute atomic E-state index is 12.3. The van der Waals surface area contributed by atoms with Gasteiger partial charge in [-0.25, -0.2) is 4.98 Å². The summed E-state index contributed by atoms with van der Waals surface area (Å²) in [6.45, 7) is 4.23. The number of carboxylic acid groups (broad SMARTS) is 1. The van der Waals surface area contributed by atoms with E-state index in [4.69, 9.17) is 5.11 Å². The van der Waals surface area contributed by atoms with Gasteiger partial charge in [-0.1, -0.05) is 6.92 Å². The van der Waals surface area contributed by atoms with Gasteiger partial charge in [-0.2, -0.15) is 0 Å². The lowest BCUT2D eigenvalue weighted by Gasteiger charge is -2.08. The molecule has 0 aliphatic heterocycles. The van der Waals surface area contributed by atoms with E-state index in [1.807, 2.05) is 13.0 Å². The zero-order valence-corrected chi connectivity index (χ0v) is 11.8. The molecule has 0 spiro atoms. The predicted octanol–water partition coefficient (Wildman–Crippen LogP) is 2.19. The minimum atomic E-state index is -0.844. The standard InChI is InChI=1S/C13H16N2O3S/c1-3-9-7-10-12(19-9)14-8(2)15(13(10)18)6-4-5-11(16)17/h7H,3-6H2,1-2H3,(H,16,17). The van der Waals surface area contributed by atoms with Crippen molar-refractivity contribution in [1.82, 2.24) is 9.55 Å². The Morgan fingerprint density at radius 1 is 1.53 bits per heavy atom. The normalized spacial score (nSPS) is 11.1. The second-order valence-electron chi connectivity index (χ2n) is 4.40. The first-order chi connectivity index (χ1) is 9.02. The van der Waals surface area contributed by atoms with Gasteiger partial charge in [0.1, 0.15) is 10.7 Å². The van der Waals surface area contributed by atoms with Gasteiger partial charge in [-0.3, -0.25) is 14.2 Å². The van der Waals surface area contributed by atoms with Crippen molar-refractivity contribution in [3.63, 3.8) is 0 Å². The van der Waals surface area contributed by atoms with Crippen molar-refractivity contribution >= 4 is 27.5 Å². The summed E-state index contributed by atoms with van der Waals surface area (Å²) >= 11 is 1.54. The summed E-state index contributed by atoms with van der Waals surface area (Å²) < 4.78 is 1.57. The van der Waals surface area contributed by atoms with Crippen molar-refractivity contribution in [2.24, 2.45) is 0 Å². The summed E-state index contributed by atoms with van der Waals surface area (Å²) in [5.74, 6) is -0.198. The number of aromatic nitrogens is 2. The van der Waals surface area contributed by atoms with Crippen LogP contribution in [0.15, 0.2) is 10.9 Å². The van der Waals surface area contributed by atoms with Gasteiger partial charge in [-0.15, -0.1) is 11.3 Å². The monoisotopic (exact) mass is 280 g/mol. The number of aliphatic carboxylic acids is 1. The first-order valence-electron chi connectivity index (χ1n) is 6.24. The molecule has 2 aromatic heterocycles. The number of hydrogen-bond acceptors (Lipinski definition) is 4. The maximum Gasteiger partial charge on any atom is 0.303 e. The highest BCUT2D eigenvalue weighted by Gasteiger charge is 2.11. The van der Waals surface area contributed by atoms with Crippen LogP contribution in [0.25, 0.3) is 10.2 Å². The van der Waals surface area contributed by atoms with Crippen LogP contribution in [0.3, 0.4) is 0 Å². The first kappa shape index (κ1) is 13.7. The molecule has 5 nitrogen and oxygen atoms in total. The number of fused-ring (bicyclic) bond motifs is 1. The van der Waals surface area contributed by atoms with Crippen molar-refractivity contribution in [3.05, 3.63) is 27.1 Å². The van der Waals surface area contributed by atoms with E-state index in [9.17, 15) is 9.59 Å². The summed E-state index contributed by atoms with van der Waals surface area (Å²) in [6.07, 6.45) is 1.39. The van der Waals surface area contributed by atoms with Crippen LogP contribution in [-0.4, -0.2) is 20.6 Å². The van der Waals surface area contributed by atoms with Crippen molar-refractivity contribution in [2.45, 2.75) is 39.7 Å². The van der Waals surface area contributed by atoms with Gasteiger partial charge in [-0.05, 0) is 25.8 Å². The third-order valence-electron chi connectivity index (χ3n) is 3.01. The molecule has 0 unspecified atom stereocenters. The third-order valence-corrected chi connectivity index (χ3v) is 4.19. The highest BCUT2D eigenvalue weighted by atomic mass is 32.1. The predicted molar refractivity (Wildman–Crippen MR) is 74.9 cm³/mol. The number of hydrogen-bond donors (Lipinski definition) is 1. The first-order valence-corrected chi connectivity index (χ1v) is 7.06. The zero-order valence-electron chi connectivity index (χ0n) is 11.0. The Morgan fingerprint density at radius 2 is 2.26 bits per heavy atom.